The van der Waals surface area contributed by atoms with Crippen LogP contribution in [0.3, 0.4) is 0 Å². The van der Waals surface area contributed by atoms with Gasteiger partial charge >= 0.3 is 0 Å². The minimum atomic E-state index is -0.413. The van der Waals surface area contributed by atoms with Crippen LogP contribution in [-0.2, 0) is 6.42 Å². The van der Waals surface area contributed by atoms with Crippen LogP contribution in [0.1, 0.15) is 26.3 Å². The second-order valence-electron chi connectivity index (χ2n) is 7.14. The summed E-state index contributed by atoms with van der Waals surface area (Å²) in [7, 11) is 5.80. The molecule has 0 atom stereocenters. The number of methoxy groups -OCH3 is 4. The number of Topliss-reactive ketones (excluding diaryl/α,β-unsaturated/α-hetero) is 2. The fourth-order valence-corrected chi connectivity index (χ4v) is 3.87. The maximum Gasteiger partial charge on any atom is 0.204 e. The van der Waals surface area contributed by atoms with Crippen molar-refractivity contribution < 1.29 is 33.3 Å². The largest absolute Gasteiger partial charge is 0.497 e. The summed E-state index contributed by atoms with van der Waals surface area (Å²) < 4.78 is 27.1. The molecular weight excluding hydrogens is 497 g/mol. The van der Waals surface area contributed by atoms with Crippen LogP contribution >= 0.6 is 23.2 Å². The molecule has 0 saturated heterocycles. The Hall–Kier alpha value is -3.49. The lowest BCUT2D eigenvalue weighted by Gasteiger charge is -2.17. The molecular formula is C25H23Cl2NO7. The number of hydrogen-bond acceptors (Lipinski definition) is 8. The summed E-state index contributed by atoms with van der Waals surface area (Å²) in [6.45, 7) is -0.413. The highest BCUT2D eigenvalue weighted by Crippen LogP contribution is 2.41. The fraction of sp³-hybridized carbons (Fsp3) is 0.240. The lowest BCUT2D eigenvalue weighted by Crippen LogP contribution is -2.16. The van der Waals surface area contributed by atoms with Gasteiger partial charge in [-0.3, -0.25) is 14.6 Å². The van der Waals surface area contributed by atoms with Gasteiger partial charge in [0.15, 0.2) is 23.9 Å². The molecule has 0 radical (unpaired) electrons. The molecule has 0 spiro atoms. The molecule has 0 bridgehead atoms. The third-order valence-corrected chi connectivity index (χ3v) is 5.80. The van der Waals surface area contributed by atoms with Gasteiger partial charge in [-0.15, -0.1) is 0 Å². The molecule has 0 N–H and O–H groups in total. The van der Waals surface area contributed by atoms with E-state index >= 15 is 0 Å². The number of aromatic nitrogens is 1. The first-order valence-corrected chi connectivity index (χ1v) is 11.0. The minimum absolute atomic E-state index is 0.0494. The van der Waals surface area contributed by atoms with Gasteiger partial charge in [0, 0.05) is 24.4 Å². The fourth-order valence-electron chi connectivity index (χ4n) is 3.37. The number of ether oxygens (including phenoxy) is 5. The molecule has 0 fully saturated rings. The Labute approximate surface area is 212 Å². The van der Waals surface area contributed by atoms with Crippen LogP contribution in [0, 0.1) is 0 Å². The summed E-state index contributed by atoms with van der Waals surface area (Å²) in [5.41, 5.74) is 0.847. The SMILES string of the molecule is COc1ccc(OC)c(C(=O)COc2c(C(=O)Cc3c(Cl)cncc3Cl)ccc(OC)c2OC)c1. The van der Waals surface area contributed by atoms with Crippen molar-refractivity contribution in [2.24, 2.45) is 0 Å². The second-order valence-corrected chi connectivity index (χ2v) is 7.95. The van der Waals surface area contributed by atoms with E-state index in [1.807, 2.05) is 0 Å². The predicted molar refractivity (Wildman–Crippen MR) is 131 cm³/mol. The monoisotopic (exact) mass is 519 g/mol. The maximum absolute atomic E-state index is 13.3. The van der Waals surface area contributed by atoms with Gasteiger partial charge in [-0.1, -0.05) is 23.2 Å². The summed E-state index contributed by atoms with van der Waals surface area (Å²) in [6.07, 6.45) is 2.69. The molecule has 1 heterocycles. The molecule has 35 heavy (non-hydrogen) atoms. The lowest BCUT2D eigenvalue weighted by molar-refractivity contribution is 0.0905. The van der Waals surface area contributed by atoms with E-state index in [1.54, 1.807) is 24.3 Å². The minimum Gasteiger partial charge on any atom is -0.497 e. The second kappa shape index (κ2) is 11.8. The summed E-state index contributed by atoms with van der Waals surface area (Å²) >= 11 is 12.4. The summed E-state index contributed by atoms with van der Waals surface area (Å²) in [6, 6.07) is 7.94. The molecule has 0 aliphatic rings. The molecule has 0 saturated carbocycles. The van der Waals surface area contributed by atoms with Gasteiger partial charge in [0.05, 0.1) is 49.6 Å². The molecule has 0 aliphatic carbocycles. The van der Waals surface area contributed by atoms with Crippen molar-refractivity contribution in [3.05, 3.63) is 69.5 Å². The van der Waals surface area contributed by atoms with Crippen LogP contribution < -0.4 is 23.7 Å². The predicted octanol–water partition coefficient (Wildman–Crippen LogP) is 5.11. The number of carbonyl (C=O) groups is 2. The van der Waals surface area contributed by atoms with Crippen molar-refractivity contribution in [1.29, 1.82) is 0 Å². The van der Waals surface area contributed by atoms with Crippen molar-refractivity contribution in [3.63, 3.8) is 0 Å². The molecule has 10 heteroatoms. The van der Waals surface area contributed by atoms with Crippen molar-refractivity contribution >= 4 is 34.8 Å². The van der Waals surface area contributed by atoms with E-state index < -0.39 is 12.4 Å². The van der Waals surface area contributed by atoms with Crippen molar-refractivity contribution in [2.45, 2.75) is 6.42 Å². The first-order chi connectivity index (χ1) is 16.8. The molecule has 0 amide bonds. The van der Waals surface area contributed by atoms with Gasteiger partial charge in [0.1, 0.15) is 11.5 Å². The van der Waals surface area contributed by atoms with Gasteiger partial charge < -0.3 is 23.7 Å². The molecule has 184 valence electrons. The van der Waals surface area contributed by atoms with E-state index in [9.17, 15) is 9.59 Å². The summed E-state index contributed by atoms with van der Waals surface area (Å²) in [5, 5.41) is 0.517. The van der Waals surface area contributed by atoms with Gasteiger partial charge in [-0.05, 0) is 30.3 Å². The average Bonchev–Trinajstić information content (AvgIpc) is 2.88. The molecule has 2 aromatic carbocycles. The Morgan fingerprint density at radius 1 is 0.771 bits per heavy atom. The normalized spacial score (nSPS) is 10.5. The van der Waals surface area contributed by atoms with Crippen molar-refractivity contribution in [2.75, 3.05) is 35.0 Å². The molecule has 1 aromatic heterocycles. The average molecular weight is 520 g/mol. The Bertz CT molecular complexity index is 1230. The molecule has 0 unspecified atom stereocenters. The number of benzene rings is 2. The van der Waals surface area contributed by atoms with Gasteiger partial charge in [0.2, 0.25) is 11.5 Å². The highest BCUT2D eigenvalue weighted by molar-refractivity contribution is 6.36. The van der Waals surface area contributed by atoms with Gasteiger partial charge in [-0.25, -0.2) is 0 Å². The van der Waals surface area contributed by atoms with Crippen LogP contribution in [0.5, 0.6) is 28.7 Å². The number of ketones is 2. The number of pyridine rings is 1. The number of hydrogen-bond donors (Lipinski definition) is 0. The zero-order valence-corrected chi connectivity index (χ0v) is 21.0. The Balaban J connectivity index is 1.96. The van der Waals surface area contributed by atoms with E-state index in [-0.39, 0.29) is 44.9 Å². The zero-order valence-electron chi connectivity index (χ0n) is 19.5. The Morgan fingerprint density at radius 2 is 1.43 bits per heavy atom. The van der Waals surface area contributed by atoms with E-state index in [4.69, 9.17) is 46.9 Å². The van der Waals surface area contributed by atoms with Crippen LogP contribution in [0.15, 0.2) is 42.7 Å². The van der Waals surface area contributed by atoms with Crippen LogP contribution in [0.25, 0.3) is 0 Å². The van der Waals surface area contributed by atoms with E-state index in [2.05, 4.69) is 4.98 Å². The van der Waals surface area contributed by atoms with E-state index in [1.165, 1.54) is 46.9 Å². The van der Waals surface area contributed by atoms with E-state index in [0.29, 0.717) is 22.8 Å². The third-order valence-electron chi connectivity index (χ3n) is 5.14. The summed E-state index contributed by atoms with van der Waals surface area (Å²) in [4.78, 5) is 30.2. The van der Waals surface area contributed by atoms with Crippen molar-refractivity contribution in [1.82, 2.24) is 4.98 Å². The van der Waals surface area contributed by atoms with E-state index in [0.717, 1.165) is 0 Å². The quantitative estimate of drug-likeness (QED) is 0.322. The molecule has 3 rings (SSSR count). The summed E-state index contributed by atoms with van der Waals surface area (Å²) in [5.74, 6) is 0.617. The van der Waals surface area contributed by atoms with Crippen LogP contribution in [0.4, 0.5) is 0 Å². The first-order valence-electron chi connectivity index (χ1n) is 10.3. The smallest absolute Gasteiger partial charge is 0.204 e. The van der Waals surface area contributed by atoms with Gasteiger partial charge in [0.25, 0.3) is 0 Å². The topological polar surface area (TPSA) is 93.2 Å². The third kappa shape index (κ3) is 5.78. The highest BCUT2D eigenvalue weighted by Gasteiger charge is 2.24. The number of rotatable bonds is 11. The van der Waals surface area contributed by atoms with Crippen molar-refractivity contribution in [3.8, 4) is 28.7 Å². The highest BCUT2D eigenvalue weighted by atomic mass is 35.5. The standard InChI is InChI=1S/C25H23Cl2NO7/c1-31-14-5-7-22(32-2)17(9-14)21(30)13-35-24-15(6-8-23(33-3)25(24)34-4)20(29)10-16-18(26)11-28-12-19(16)27/h5-9,11-12H,10,13H2,1-4H3. The van der Waals surface area contributed by atoms with Crippen LogP contribution in [0.2, 0.25) is 10.0 Å². The maximum atomic E-state index is 13.3. The Kier molecular flexibility index (Phi) is 8.78. The molecule has 8 nitrogen and oxygen atoms in total. The Morgan fingerprint density at radius 3 is 2.03 bits per heavy atom. The number of halogens is 2. The first kappa shape index (κ1) is 26.1. The molecule has 0 aliphatic heterocycles. The molecule has 3 aromatic rings. The number of carbonyl (C=O) groups excluding carboxylic acids is 2. The van der Waals surface area contributed by atoms with Crippen LogP contribution in [-0.4, -0.2) is 51.6 Å². The lowest BCUT2D eigenvalue weighted by atomic mass is 10.0. The number of nitrogens with zero attached hydrogens (tertiary/aromatic N) is 1. The van der Waals surface area contributed by atoms with Gasteiger partial charge in [-0.2, -0.15) is 0 Å². The zero-order chi connectivity index (χ0) is 25.5.